The third-order valence-electron chi connectivity index (χ3n) is 2.80. The number of carbonyl (C=O) groups is 1. The van der Waals surface area contributed by atoms with Gasteiger partial charge in [-0.05, 0) is 12.1 Å². The van der Waals surface area contributed by atoms with E-state index in [1.165, 1.54) is 6.07 Å². The number of nitrogens with zero attached hydrogens (tertiary/aromatic N) is 2. The van der Waals surface area contributed by atoms with Crippen LogP contribution in [0, 0.1) is 10.1 Å². The highest BCUT2D eigenvalue weighted by atomic mass is 32.2. The van der Waals surface area contributed by atoms with Crippen LogP contribution in [-0.4, -0.2) is 43.2 Å². The Morgan fingerprint density at radius 3 is 2.70 bits per heavy atom. The fourth-order valence-corrected chi connectivity index (χ4v) is 3.39. The number of nitrogen functional groups attached to an aromatic ring is 1. The number of carbonyl (C=O) groups excluding carboxylic acids is 1. The second kappa shape index (κ2) is 5.06. The average Bonchev–Trinajstić information content (AvgIpc) is 2.38. The summed E-state index contributed by atoms with van der Waals surface area (Å²) in [5.74, 6) is -0.446. The number of rotatable bonds is 3. The zero-order chi connectivity index (χ0) is 14.9. The molecule has 1 fully saturated rings. The van der Waals surface area contributed by atoms with Crippen molar-refractivity contribution in [3.8, 4) is 0 Å². The second-order valence-electron chi connectivity index (χ2n) is 4.17. The molecule has 1 aromatic rings. The minimum absolute atomic E-state index is 0.0651. The Morgan fingerprint density at radius 2 is 2.10 bits per heavy atom. The normalized spacial score (nSPS) is 16.7. The summed E-state index contributed by atoms with van der Waals surface area (Å²) in [5.41, 5.74) is 4.92. The van der Waals surface area contributed by atoms with Gasteiger partial charge in [0.1, 0.15) is 0 Å². The number of nitrogens with two attached hydrogens (primary N) is 1. The van der Waals surface area contributed by atoms with Crippen LogP contribution in [0.3, 0.4) is 0 Å². The first-order valence-corrected chi connectivity index (χ1v) is 7.07. The van der Waals surface area contributed by atoms with Crippen molar-refractivity contribution < 1.29 is 18.1 Å². The molecular weight excluding hydrogens is 288 g/mol. The molecule has 1 saturated heterocycles. The molecular formula is C10H12N4O5S. The maximum absolute atomic E-state index is 12.4. The number of benzene rings is 1. The van der Waals surface area contributed by atoms with Gasteiger partial charge in [-0.1, -0.05) is 0 Å². The number of amides is 1. The lowest BCUT2D eigenvalue weighted by Crippen LogP contribution is -2.49. The molecule has 0 aromatic heterocycles. The summed E-state index contributed by atoms with van der Waals surface area (Å²) in [5, 5.41) is 13.4. The molecule has 0 saturated carbocycles. The van der Waals surface area contributed by atoms with E-state index in [4.69, 9.17) is 5.73 Å². The van der Waals surface area contributed by atoms with Gasteiger partial charge < -0.3 is 11.1 Å². The zero-order valence-electron chi connectivity index (χ0n) is 10.3. The highest BCUT2D eigenvalue weighted by molar-refractivity contribution is 7.89. The molecule has 1 aliphatic rings. The van der Waals surface area contributed by atoms with Gasteiger partial charge in [-0.15, -0.1) is 0 Å². The van der Waals surface area contributed by atoms with E-state index in [9.17, 15) is 23.3 Å². The Bertz CT molecular complexity index is 672. The first kappa shape index (κ1) is 14.2. The standard InChI is InChI=1S/C10H12N4O5S/c11-7-1-2-9(8(5-7)14(16)17)20(18,19)13-4-3-12-10(15)6-13/h1-2,5H,3-4,6,11H2,(H,12,15). The average molecular weight is 300 g/mol. The Kier molecular flexibility index (Phi) is 3.59. The van der Waals surface area contributed by atoms with E-state index in [1.807, 2.05) is 0 Å². The van der Waals surface area contributed by atoms with Crippen molar-refractivity contribution in [3.63, 3.8) is 0 Å². The quantitative estimate of drug-likeness (QED) is 0.430. The second-order valence-corrected chi connectivity index (χ2v) is 6.08. The molecule has 1 aliphatic heterocycles. The zero-order valence-corrected chi connectivity index (χ0v) is 11.1. The molecule has 10 heteroatoms. The van der Waals surface area contributed by atoms with Crippen LogP contribution in [0.1, 0.15) is 0 Å². The van der Waals surface area contributed by atoms with E-state index in [0.29, 0.717) is 0 Å². The van der Waals surface area contributed by atoms with Crippen LogP contribution in [-0.2, 0) is 14.8 Å². The number of piperazine rings is 1. The van der Waals surface area contributed by atoms with E-state index in [0.717, 1.165) is 16.4 Å². The first-order chi connectivity index (χ1) is 9.32. The number of nitrogens with one attached hydrogen (secondary N) is 1. The van der Waals surface area contributed by atoms with E-state index in [-0.39, 0.29) is 25.3 Å². The smallest absolute Gasteiger partial charge is 0.291 e. The van der Waals surface area contributed by atoms with Crippen molar-refractivity contribution in [3.05, 3.63) is 28.3 Å². The Labute approximate surface area is 114 Å². The van der Waals surface area contributed by atoms with Crippen molar-refractivity contribution in [1.82, 2.24) is 9.62 Å². The molecule has 9 nitrogen and oxygen atoms in total. The van der Waals surface area contributed by atoms with Gasteiger partial charge in [0.05, 0.1) is 11.5 Å². The number of hydrogen-bond acceptors (Lipinski definition) is 6. The summed E-state index contributed by atoms with van der Waals surface area (Å²) in [7, 11) is -4.11. The van der Waals surface area contributed by atoms with Crippen molar-refractivity contribution in [2.24, 2.45) is 0 Å². The van der Waals surface area contributed by atoms with Crippen LogP contribution in [0.4, 0.5) is 11.4 Å². The summed E-state index contributed by atoms with van der Waals surface area (Å²) < 4.78 is 25.6. The van der Waals surface area contributed by atoms with E-state index < -0.39 is 31.4 Å². The largest absolute Gasteiger partial charge is 0.399 e. The predicted octanol–water partition coefficient (Wildman–Crippen LogP) is -0.702. The monoisotopic (exact) mass is 300 g/mol. The van der Waals surface area contributed by atoms with Crippen LogP contribution >= 0.6 is 0 Å². The molecule has 0 bridgehead atoms. The molecule has 3 N–H and O–H groups in total. The van der Waals surface area contributed by atoms with Gasteiger partial charge in [-0.2, -0.15) is 4.31 Å². The van der Waals surface area contributed by atoms with Crippen molar-refractivity contribution in [2.45, 2.75) is 4.90 Å². The van der Waals surface area contributed by atoms with E-state index >= 15 is 0 Å². The van der Waals surface area contributed by atoms with Gasteiger partial charge in [-0.3, -0.25) is 14.9 Å². The molecule has 108 valence electrons. The first-order valence-electron chi connectivity index (χ1n) is 5.63. The SMILES string of the molecule is Nc1ccc(S(=O)(=O)N2CCNC(=O)C2)c([N+](=O)[O-])c1. The fourth-order valence-electron chi connectivity index (χ4n) is 1.85. The van der Waals surface area contributed by atoms with Crippen molar-refractivity contribution in [1.29, 1.82) is 0 Å². The lowest BCUT2D eigenvalue weighted by Gasteiger charge is -2.25. The highest BCUT2D eigenvalue weighted by Crippen LogP contribution is 2.28. The number of anilines is 1. The maximum atomic E-state index is 12.4. The third kappa shape index (κ3) is 2.56. The summed E-state index contributed by atoms with van der Waals surface area (Å²) in [4.78, 5) is 20.9. The number of sulfonamides is 1. The fraction of sp³-hybridized carbons (Fsp3) is 0.300. The highest BCUT2D eigenvalue weighted by Gasteiger charge is 2.34. The predicted molar refractivity (Wildman–Crippen MR) is 69.3 cm³/mol. The van der Waals surface area contributed by atoms with Gasteiger partial charge in [0.25, 0.3) is 5.69 Å². The van der Waals surface area contributed by atoms with Crippen LogP contribution in [0.25, 0.3) is 0 Å². The van der Waals surface area contributed by atoms with Gasteiger partial charge >= 0.3 is 0 Å². The van der Waals surface area contributed by atoms with E-state index in [2.05, 4.69) is 5.32 Å². The van der Waals surface area contributed by atoms with Crippen molar-refractivity contribution in [2.75, 3.05) is 25.4 Å². The third-order valence-corrected chi connectivity index (χ3v) is 4.69. The Morgan fingerprint density at radius 1 is 1.40 bits per heavy atom. The summed E-state index contributed by atoms with van der Waals surface area (Å²) >= 11 is 0. The summed E-state index contributed by atoms with van der Waals surface area (Å²) in [6, 6.07) is 3.33. The topological polar surface area (TPSA) is 136 Å². The summed E-state index contributed by atoms with van der Waals surface area (Å²) in [6.45, 7) is -0.125. The number of nitro groups is 1. The number of nitro benzene ring substituents is 1. The molecule has 20 heavy (non-hydrogen) atoms. The van der Waals surface area contributed by atoms with Crippen LogP contribution in [0.2, 0.25) is 0 Å². The lowest BCUT2D eigenvalue weighted by atomic mass is 10.3. The van der Waals surface area contributed by atoms with Crippen LogP contribution < -0.4 is 11.1 Å². The molecule has 1 amide bonds. The van der Waals surface area contributed by atoms with Gasteiger partial charge in [0.15, 0.2) is 4.90 Å². The van der Waals surface area contributed by atoms with E-state index in [1.54, 1.807) is 0 Å². The Balaban J connectivity index is 2.49. The number of hydrogen-bond donors (Lipinski definition) is 2. The Hall–Kier alpha value is -2.20. The molecule has 0 atom stereocenters. The molecule has 0 radical (unpaired) electrons. The molecule has 0 aliphatic carbocycles. The lowest BCUT2D eigenvalue weighted by molar-refractivity contribution is -0.387. The van der Waals surface area contributed by atoms with Gasteiger partial charge in [0.2, 0.25) is 15.9 Å². The van der Waals surface area contributed by atoms with Crippen LogP contribution in [0.5, 0.6) is 0 Å². The molecule has 0 spiro atoms. The van der Waals surface area contributed by atoms with Gasteiger partial charge in [-0.25, -0.2) is 8.42 Å². The van der Waals surface area contributed by atoms with Crippen molar-refractivity contribution >= 4 is 27.3 Å². The molecule has 1 aromatic carbocycles. The molecule has 2 rings (SSSR count). The van der Waals surface area contributed by atoms with Crippen LogP contribution in [0.15, 0.2) is 23.1 Å². The molecule has 1 heterocycles. The van der Waals surface area contributed by atoms with Gasteiger partial charge in [0, 0.05) is 24.8 Å². The summed E-state index contributed by atoms with van der Waals surface area (Å²) in [6.07, 6.45) is 0. The minimum atomic E-state index is -4.11. The maximum Gasteiger partial charge on any atom is 0.291 e. The minimum Gasteiger partial charge on any atom is -0.399 e. The molecule has 0 unspecified atom stereocenters.